The van der Waals surface area contributed by atoms with E-state index in [0.717, 1.165) is 11.1 Å². The van der Waals surface area contributed by atoms with Crippen molar-refractivity contribution in [2.75, 3.05) is 9.80 Å². The summed E-state index contributed by atoms with van der Waals surface area (Å²) in [5.41, 5.74) is 23.7. The van der Waals surface area contributed by atoms with Crippen LogP contribution >= 0.6 is 0 Å². The molecule has 0 saturated carbocycles. The summed E-state index contributed by atoms with van der Waals surface area (Å²) in [5, 5.41) is 1.22. The Hall–Kier alpha value is -7.75. The van der Waals surface area contributed by atoms with E-state index < -0.39 is 0 Å². The van der Waals surface area contributed by atoms with Crippen LogP contribution in [0.4, 0.5) is 34.1 Å². The molecule has 5 heterocycles. The molecule has 0 N–H and O–H groups in total. The van der Waals surface area contributed by atoms with E-state index in [2.05, 4.69) is 234 Å². The molecule has 4 aliphatic heterocycles. The van der Waals surface area contributed by atoms with Crippen molar-refractivity contribution in [3.8, 4) is 0 Å². The van der Waals surface area contributed by atoms with E-state index in [0.29, 0.717) is 0 Å². The Morgan fingerprint density at radius 1 is 0.297 bits per heavy atom. The summed E-state index contributed by atoms with van der Waals surface area (Å²) < 4.78 is 0. The maximum atomic E-state index is 6.25. The SMILES string of the molecule is c1ccc(B2c3ccccc3N3c4ccccc4B(c4ccccc4)c4c3c2cc2c3c5c(nc42)B(c2ccccc2)c2ccccc2N5c2ccccc2B3c2ccccc2)cc1. The number of hydrogen-bond acceptors (Lipinski definition) is 3. The van der Waals surface area contributed by atoms with Gasteiger partial charge in [0.05, 0.1) is 11.2 Å². The Morgan fingerprint density at radius 2 is 0.641 bits per heavy atom. The summed E-state index contributed by atoms with van der Waals surface area (Å²) >= 11 is 0. The molecule has 9 aromatic carbocycles. The van der Waals surface area contributed by atoms with Crippen LogP contribution < -0.4 is 75.5 Å². The number of fused-ring (bicyclic) bond motifs is 11. The molecule has 1 aromatic heterocycles. The van der Waals surface area contributed by atoms with Crippen molar-refractivity contribution in [2.24, 2.45) is 0 Å². The van der Waals surface area contributed by atoms with Crippen LogP contribution in [0.1, 0.15) is 0 Å². The lowest BCUT2D eigenvalue weighted by molar-refractivity contribution is 1.28. The molecule has 292 valence electrons. The topological polar surface area (TPSA) is 19.4 Å². The molecule has 0 saturated heterocycles. The van der Waals surface area contributed by atoms with Crippen molar-refractivity contribution in [1.82, 2.24) is 4.98 Å². The molecule has 4 aliphatic rings. The third-order valence-electron chi connectivity index (χ3n) is 14.5. The van der Waals surface area contributed by atoms with Crippen LogP contribution in [0.25, 0.3) is 10.9 Å². The first-order valence-electron chi connectivity index (χ1n) is 22.5. The molecule has 7 heteroatoms. The van der Waals surface area contributed by atoms with Crippen LogP contribution in [-0.2, 0) is 0 Å². The minimum atomic E-state index is -0.0864. The number of pyridine rings is 1. The summed E-state index contributed by atoms with van der Waals surface area (Å²) in [5.74, 6) is 0. The zero-order chi connectivity index (χ0) is 41.9. The van der Waals surface area contributed by atoms with E-state index in [9.17, 15) is 0 Å². The van der Waals surface area contributed by atoms with Gasteiger partial charge in [0, 0.05) is 34.0 Å². The van der Waals surface area contributed by atoms with Crippen molar-refractivity contribution in [1.29, 1.82) is 0 Å². The lowest BCUT2D eigenvalue weighted by atomic mass is 9.29. The second kappa shape index (κ2) is 13.9. The molecule has 64 heavy (non-hydrogen) atoms. The van der Waals surface area contributed by atoms with Gasteiger partial charge in [0.15, 0.2) is 0 Å². The van der Waals surface area contributed by atoms with Gasteiger partial charge in [0.25, 0.3) is 6.71 Å². The maximum absolute atomic E-state index is 6.25. The second-order valence-electron chi connectivity index (χ2n) is 17.7. The minimum absolute atomic E-state index is 0.00309. The van der Waals surface area contributed by atoms with E-state index >= 15 is 0 Å². The molecule has 0 aliphatic carbocycles. The lowest BCUT2D eigenvalue weighted by Gasteiger charge is -2.46. The molecule has 0 atom stereocenters. The molecule has 0 unspecified atom stereocenters. The van der Waals surface area contributed by atoms with E-state index in [4.69, 9.17) is 4.98 Å². The lowest BCUT2D eigenvalue weighted by Crippen LogP contribution is -2.68. The van der Waals surface area contributed by atoms with E-state index in [-0.39, 0.29) is 26.9 Å². The number of para-hydroxylation sites is 4. The van der Waals surface area contributed by atoms with Crippen LogP contribution in [0.3, 0.4) is 0 Å². The number of benzene rings is 9. The van der Waals surface area contributed by atoms with Crippen molar-refractivity contribution < 1.29 is 0 Å². The molecule has 0 radical (unpaired) electrons. The predicted molar refractivity (Wildman–Crippen MR) is 276 cm³/mol. The Balaban J connectivity index is 1.22. The minimum Gasteiger partial charge on any atom is -0.312 e. The number of nitrogens with zero attached hydrogens (tertiary/aromatic N) is 3. The Labute approximate surface area is 375 Å². The first kappa shape index (κ1) is 35.8. The standard InChI is InChI=1S/C57H37B4N3/c1-5-21-38(22-6-1)58-43-29-13-17-33-48(43)63-49-34-18-15-31-45(49)60(40-25-9-3-10-26-40)53-54-42(37-47(58)55(53)63)52-56-57(62-54)61(41-27-11-4-12-28-41)46-32-16-20-36-51(46)64(56)50-35-19-14-30-44(50)59(52)39-23-7-2-8-24-39/h1-37H. The van der Waals surface area contributed by atoms with Gasteiger partial charge < -0.3 is 9.80 Å². The quantitative estimate of drug-likeness (QED) is 0.245. The van der Waals surface area contributed by atoms with Gasteiger partial charge in [-0.15, -0.1) is 0 Å². The van der Waals surface area contributed by atoms with Crippen molar-refractivity contribution in [2.45, 2.75) is 0 Å². The van der Waals surface area contributed by atoms with Gasteiger partial charge in [-0.2, -0.15) is 0 Å². The Kier molecular flexibility index (Phi) is 7.76. The molecule has 3 nitrogen and oxygen atoms in total. The largest absolute Gasteiger partial charge is 0.312 e. The molecule has 0 fully saturated rings. The average Bonchev–Trinajstić information content (AvgIpc) is 3.37. The van der Waals surface area contributed by atoms with E-state index in [1.54, 1.807) is 0 Å². The molecule has 0 amide bonds. The van der Waals surface area contributed by atoms with Crippen LogP contribution in [0.2, 0.25) is 0 Å². The third-order valence-corrected chi connectivity index (χ3v) is 14.5. The number of hydrogen-bond donors (Lipinski definition) is 0. The van der Waals surface area contributed by atoms with Gasteiger partial charge in [-0.05, 0) is 67.9 Å². The average molecular weight is 807 g/mol. The molecule has 14 rings (SSSR count). The summed E-state index contributed by atoms with van der Waals surface area (Å²) in [4.78, 5) is 11.4. The smallest absolute Gasteiger partial charge is 0.270 e. The molecular weight excluding hydrogens is 770 g/mol. The molecule has 0 spiro atoms. The Morgan fingerprint density at radius 3 is 1.11 bits per heavy atom. The fourth-order valence-electron chi connectivity index (χ4n) is 12.0. The normalized spacial score (nSPS) is 13.8. The van der Waals surface area contributed by atoms with Gasteiger partial charge in [0.1, 0.15) is 0 Å². The van der Waals surface area contributed by atoms with Gasteiger partial charge in [-0.25, -0.2) is 0 Å². The van der Waals surface area contributed by atoms with Crippen molar-refractivity contribution in [3.05, 3.63) is 224 Å². The van der Waals surface area contributed by atoms with Crippen LogP contribution in [0, 0.1) is 0 Å². The fourth-order valence-corrected chi connectivity index (χ4v) is 12.0. The van der Waals surface area contributed by atoms with Crippen LogP contribution in [-0.4, -0.2) is 31.8 Å². The summed E-state index contributed by atoms with van der Waals surface area (Å²) in [6.07, 6.45) is 0. The van der Waals surface area contributed by atoms with Gasteiger partial charge in [-0.1, -0.05) is 222 Å². The van der Waals surface area contributed by atoms with Crippen molar-refractivity contribution in [3.63, 3.8) is 0 Å². The first-order valence-corrected chi connectivity index (χ1v) is 22.5. The van der Waals surface area contributed by atoms with Crippen LogP contribution in [0.5, 0.6) is 0 Å². The fraction of sp³-hybridized carbons (Fsp3) is 0. The third kappa shape index (κ3) is 4.95. The maximum Gasteiger partial charge on any atom is 0.270 e. The summed E-state index contributed by atoms with van der Waals surface area (Å²) in [6.45, 7) is -0.208. The molecular formula is C57H37B4N3. The summed E-state index contributed by atoms with van der Waals surface area (Å²) in [7, 11) is 0. The zero-order valence-corrected chi connectivity index (χ0v) is 35.0. The number of anilines is 6. The zero-order valence-electron chi connectivity index (χ0n) is 35.0. The summed E-state index contributed by atoms with van der Waals surface area (Å²) in [6, 6.07) is 83.6. The highest BCUT2D eigenvalue weighted by atomic mass is 15.2. The van der Waals surface area contributed by atoms with Crippen LogP contribution in [0.15, 0.2) is 224 Å². The van der Waals surface area contributed by atoms with Gasteiger partial charge >= 0.3 is 0 Å². The number of rotatable bonds is 4. The van der Waals surface area contributed by atoms with Gasteiger partial charge in [-0.3, -0.25) is 4.98 Å². The van der Waals surface area contributed by atoms with Crippen molar-refractivity contribution >= 4 is 138 Å². The van der Waals surface area contributed by atoms with Gasteiger partial charge in [0.2, 0.25) is 20.1 Å². The highest BCUT2D eigenvalue weighted by Gasteiger charge is 2.49. The predicted octanol–water partition coefficient (Wildman–Crippen LogP) is 4.49. The second-order valence-corrected chi connectivity index (χ2v) is 17.7. The monoisotopic (exact) mass is 807 g/mol. The highest BCUT2D eigenvalue weighted by Crippen LogP contribution is 2.42. The first-order chi connectivity index (χ1) is 31.8. The van der Waals surface area contributed by atoms with E-state index in [1.807, 2.05) is 0 Å². The highest BCUT2D eigenvalue weighted by molar-refractivity contribution is 7.05. The Bertz CT molecular complexity index is 3240. The van der Waals surface area contributed by atoms with E-state index in [1.165, 1.54) is 99.6 Å². The number of aromatic nitrogens is 1. The molecule has 0 bridgehead atoms. The molecule has 10 aromatic rings.